The van der Waals surface area contributed by atoms with Gasteiger partial charge in [0.1, 0.15) is 51.7 Å². The molecule has 0 radical (unpaired) electrons. The largest absolute Gasteiger partial charge is 0.866 e. The summed E-state index contributed by atoms with van der Waals surface area (Å²) in [6.07, 6.45) is 0. The van der Waals surface area contributed by atoms with Gasteiger partial charge in [-0.3, -0.25) is 0 Å². The summed E-state index contributed by atoms with van der Waals surface area (Å²) < 4.78 is 91.0. The topological polar surface area (TPSA) is 71.1 Å². The first-order valence-electron chi connectivity index (χ1n) is 11.2. The average Bonchev–Trinajstić information content (AvgIpc) is 2.89. The lowest BCUT2D eigenvalue weighted by molar-refractivity contribution is 0.0596. The third kappa shape index (κ3) is 4.88. The Bertz CT molecular complexity index is 1640. The predicted octanol–water partition coefficient (Wildman–Crippen LogP) is 6.12. The van der Waals surface area contributed by atoms with E-state index in [1.54, 1.807) is 0 Å². The number of esters is 1. The minimum absolute atomic E-state index is 0.00811. The highest BCUT2D eigenvalue weighted by molar-refractivity contribution is 6.43. The maximum atomic E-state index is 15.2. The molecule has 196 valence electrons. The molecule has 12 heteroatoms. The van der Waals surface area contributed by atoms with Gasteiger partial charge in [-0.1, -0.05) is 6.07 Å². The smallest absolute Gasteiger partial charge is 0.489 e. The molecule has 0 bridgehead atoms. The van der Waals surface area contributed by atoms with Crippen molar-refractivity contribution in [3.63, 3.8) is 0 Å². The first-order valence-corrected chi connectivity index (χ1v) is 11.2. The second kappa shape index (κ2) is 10.1. The Kier molecular flexibility index (Phi) is 6.69. The second-order valence-electron chi connectivity index (χ2n) is 8.18. The molecule has 0 N–H and O–H groups in total. The number of ether oxygens (including phenoxy) is 1. The van der Waals surface area contributed by atoms with E-state index in [2.05, 4.69) is 0 Å². The fourth-order valence-electron chi connectivity index (χ4n) is 3.98. The number of methoxy groups -OCH3 is 1. The van der Waals surface area contributed by atoms with E-state index < -0.39 is 53.9 Å². The van der Waals surface area contributed by atoms with Gasteiger partial charge < -0.3 is 18.7 Å². The van der Waals surface area contributed by atoms with Crippen molar-refractivity contribution in [3.8, 4) is 33.8 Å². The van der Waals surface area contributed by atoms with Crippen LogP contribution >= 0.6 is 0 Å². The van der Waals surface area contributed by atoms with Crippen LogP contribution in [0.3, 0.4) is 0 Å². The van der Waals surface area contributed by atoms with Gasteiger partial charge in [0.2, 0.25) is 0 Å². The van der Waals surface area contributed by atoms with E-state index in [1.807, 2.05) is 0 Å². The molecule has 0 aliphatic carbocycles. The quantitative estimate of drug-likeness (QED) is 0.173. The third-order valence-electron chi connectivity index (χ3n) is 5.81. The summed E-state index contributed by atoms with van der Waals surface area (Å²) in [5.74, 6) is -7.33. The zero-order valence-corrected chi connectivity index (χ0v) is 19.8. The highest BCUT2D eigenvalue weighted by Gasteiger charge is 2.42. The summed E-state index contributed by atoms with van der Waals surface area (Å²) in [4.78, 5) is 25.1. The summed E-state index contributed by atoms with van der Waals surface area (Å²) in [7, 11) is -0.691. The van der Waals surface area contributed by atoms with E-state index >= 15 is 4.39 Å². The molecule has 0 unspecified atom stereocenters. The van der Waals surface area contributed by atoms with Crippen LogP contribution in [0.25, 0.3) is 22.3 Å². The van der Waals surface area contributed by atoms with Crippen molar-refractivity contribution in [2.75, 3.05) is 7.11 Å². The Hall–Kier alpha value is -4.87. The number of hydrogen-bond acceptors (Lipinski definition) is 6. The van der Waals surface area contributed by atoms with Crippen molar-refractivity contribution >= 4 is 19.3 Å². The van der Waals surface area contributed by atoms with Gasteiger partial charge in [0.05, 0.1) is 7.11 Å². The lowest BCUT2D eigenvalue weighted by Gasteiger charge is -2.23. The van der Waals surface area contributed by atoms with Gasteiger partial charge >= 0.3 is 19.3 Å². The van der Waals surface area contributed by atoms with Crippen LogP contribution in [-0.4, -0.2) is 26.4 Å². The van der Waals surface area contributed by atoms with Gasteiger partial charge in [-0.25, -0.2) is 31.5 Å². The predicted molar refractivity (Wildman–Crippen MR) is 127 cm³/mol. The molecule has 0 spiro atoms. The van der Waals surface area contributed by atoms with Crippen molar-refractivity contribution < 1.29 is 50.2 Å². The summed E-state index contributed by atoms with van der Waals surface area (Å²) in [6, 6.07) is 11.6. The molecule has 4 aromatic rings. The second-order valence-corrected chi connectivity index (χ2v) is 8.18. The van der Waals surface area contributed by atoms with Crippen molar-refractivity contribution in [2.45, 2.75) is 0 Å². The zero-order valence-electron chi connectivity index (χ0n) is 19.8. The van der Waals surface area contributed by atoms with E-state index in [-0.39, 0.29) is 39.3 Å². The van der Waals surface area contributed by atoms with Crippen molar-refractivity contribution in [2.24, 2.45) is 0 Å². The van der Waals surface area contributed by atoms with Crippen molar-refractivity contribution in [3.05, 3.63) is 107 Å². The van der Waals surface area contributed by atoms with Crippen LogP contribution in [0.2, 0.25) is 0 Å². The standard InChI is InChI=1S/C27H14BF5O6/c1-36-26(34)19-10-13(16-5-3-14(29)11-20(16)31)2-8-22(19)37-28-38-23-9-7-18(25(33)24(23)27(35)39-28)17-6-4-15(30)12-21(17)32/h2-12H,1H3. The Balaban J connectivity index is 1.45. The highest BCUT2D eigenvalue weighted by atomic mass is 19.1. The van der Waals surface area contributed by atoms with E-state index in [9.17, 15) is 27.2 Å². The number of benzene rings is 4. The number of rotatable bonds is 5. The number of hydrogen-bond donors (Lipinski definition) is 0. The molecule has 1 aliphatic heterocycles. The summed E-state index contributed by atoms with van der Waals surface area (Å²) >= 11 is 0. The maximum absolute atomic E-state index is 15.2. The Morgan fingerprint density at radius 3 is 2.05 bits per heavy atom. The lowest BCUT2D eigenvalue weighted by atomic mass is 9.98. The molecular weight excluding hydrogens is 526 g/mol. The molecule has 4 aromatic carbocycles. The Morgan fingerprint density at radius 1 is 0.769 bits per heavy atom. The maximum Gasteiger partial charge on any atom is 0.866 e. The molecule has 0 fully saturated rings. The molecule has 0 amide bonds. The summed E-state index contributed by atoms with van der Waals surface area (Å²) in [6.45, 7) is 0. The first-order chi connectivity index (χ1) is 18.7. The SMILES string of the molecule is COC(=O)c1cc(-c2ccc(F)cc2F)ccc1OB1OC(=O)c2c(ccc(-c3ccc(F)cc3F)c2F)O1. The molecule has 39 heavy (non-hydrogen) atoms. The van der Waals surface area contributed by atoms with Crippen molar-refractivity contribution in [1.29, 1.82) is 0 Å². The fraction of sp³-hybridized carbons (Fsp3) is 0.0370. The van der Waals surface area contributed by atoms with Crippen molar-refractivity contribution in [1.82, 2.24) is 0 Å². The van der Waals surface area contributed by atoms with Crippen LogP contribution in [-0.2, 0) is 9.39 Å². The van der Waals surface area contributed by atoms with Gasteiger partial charge in [0.25, 0.3) is 0 Å². The average molecular weight is 540 g/mol. The lowest BCUT2D eigenvalue weighted by Crippen LogP contribution is -2.40. The van der Waals surface area contributed by atoms with Gasteiger partial charge in [-0.15, -0.1) is 0 Å². The third-order valence-corrected chi connectivity index (χ3v) is 5.81. The van der Waals surface area contributed by atoms with Crippen LogP contribution in [0.5, 0.6) is 11.5 Å². The molecular formula is C27H14BF5O6. The molecule has 0 saturated heterocycles. The number of halogens is 5. The molecule has 0 atom stereocenters. The van der Waals surface area contributed by atoms with Gasteiger partial charge in [0.15, 0.2) is 0 Å². The van der Waals surface area contributed by atoms with E-state index in [0.717, 1.165) is 31.4 Å². The van der Waals surface area contributed by atoms with E-state index in [4.69, 9.17) is 18.7 Å². The highest BCUT2D eigenvalue weighted by Crippen LogP contribution is 2.36. The molecule has 1 aliphatic rings. The van der Waals surface area contributed by atoms with Crippen LogP contribution in [0.1, 0.15) is 20.7 Å². The van der Waals surface area contributed by atoms with Gasteiger partial charge in [0, 0.05) is 28.8 Å². The minimum Gasteiger partial charge on any atom is -0.489 e. The van der Waals surface area contributed by atoms with E-state index in [0.29, 0.717) is 12.1 Å². The molecule has 0 saturated carbocycles. The Morgan fingerprint density at radius 2 is 1.41 bits per heavy atom. The van der Waals surface area contributed by atoms with Gasteiger partial charge in [-0.05, 0) is 54.1 Å². The number of carbonyl (C=O) groups is 2. The monoisotopic (exact) mass is 540 g/mol. The number of fused-ring (bicyclic) bond motifs is 1. The van der Waals surface area contributed by atoms with E-state index in [1.165, 1.54) is 30.3 Å². The zero-order chi connectivity index (χ0) is 27.8. The fourth-order valence-corrected chi connectivity index (χ4v) is 3.98. The van der Waals surface area contributed by atoms with Gasteiger partial charge in [-0.2, -0.15) is 0 Å². The Labute approximate surface area is 217 Å². The molecule has 0 aromatic heterocycles. The molecule has 6 nitrogen and oxygen atoms in total. The van der Waals surface area contributed by atoms with Crippen LogP contribution < -0.4 is 9.31 Å². The van der Waals surface area contributed by atoms with Crippen LogP contribution in [0.15, 0.2) is 66.7 Å². The summed E-state index contributed by atoms with van der Waals surface area (Å²) in [5, 5.41) is 0. The summed E-state index contributed by atoms with van der Waals surface area (Å²) in [5.41, 5.74) is -1.30. The minimum atomic E-state index is -1.78. The first kappa shape index (κ1) is 25.8. The molecule has 5 rings (SSSR count). The number of carbonyl (C=O) groups excluding carboxylic acids is 2. The van der Waals surface area contributed by atoms with Crippen LogP contribution in [0.4, 0.5) is 22.0 Å². The normalized spacial score (nSPS) is 12.4. The molecule has 1 heterocycles. The van der Waals surface area contributed by atoms with Crippen LogP contribution in [0, 0.1) is 29.1 Å².